The molecule has 0 fully saturated rings. The maximum Gasteiger partial charge on any atom is 0.297 e. The summed E-state index contributed by atoms with van der Waals surface area (Å²) in [6.45, 7) is 5.95. The van der Waals surface area contributed by atoms with E-state index in [4.69, 9.17) is 19.3 Å². The van der Waals surface area contributed by atoms with Crippen LogP contribution in [0.25, 0.3) is 5.69 Å². The zero-order chi connectivity index (χ0) is 26.7. The van der Waals surface area contributed by atoms with Crippen LogP contribution < -0.4 is 15.0 Å². The van der Waals surface area contributed by atoms with Crippen molar-refractivity contribution in [3.63, 3.8) is 0 Å². The van der Waals surface area contributed by atoms with E-state index >= 15 is 4.11 Å². The zero-order valence-electron chi connectivity index (χ0n) is 21.9. The minimum atomic E-state index is -3.16. The quantitative estimate of drug-likeness (QED) is 0.315. The molecule has 200 valence electrons. The number of aromatic nitrogens is 4. The average molecular weight is 531 g/mol. The Morgan fingerprint density at radius 3 is 2.73 bits per heavy atom. The van der Waals surface area contributed by atoms with Crippen molar-refractivity contribution in [2.75, 3.05) is 20.8 Å². The van der Waals surface area contributed by atoms with E-state index < -0.39 is 14.5 Å². The van der Waals surface area contributed by atoms with Gasteiger partial charge in [-0.1, -0.05) is 12.1 Å². The van der Waals surface area contributed by atoms with Crippen molar-refractivity contribution in [3.8, 4) is 17.2 Å². The topological polar surface area (TPSA) is 101 Å². The van der Waals surface area contributed by atoms with E-state index in [-0.39, 0.29) is 35.5 Å². The van der Waals surface area contributed by atoms with Gasteiger partial charge in [0.2, 0.25) is 8.41 Å². The monoisotopic (exact) mass is 530 g/mol. The number of rotatable bonds is 10. The van der Waals surface area contributed by atoms with Crippen LogP contribution in [-0.2, 0) is 17.7 Å². The third-order valence-corrected chi connectivity index (χ3v) is 9.51. The Bertz CT molecular complexity index is 1270. The number of methoxy groups -OCH3 is 2. The molecule has 0 spiro atoms. The van der Waals surface area contributed by atoms with E-state index in [1.807, 2.05) is 25.1 Å². The van der Waals surface area contributed by atoms with Crippen molar-refractivity contribution in [2.45, 2.75) is 57.2 Å². The van der Waals surface area contributed by atoms with E-state index in [2.05, 4.69) is 10.3 Å². The summed E-state index contributed by atoms with van der Waals surface area (Å²) in [5.41, 5.74) is 1.61. The predicted molar refractivity (Wildman–Crippen MR) is 140 cm³/mol. The van der Waals surface area contributed by atoms with Crippen LogP contribution in [0.2, 0.25) is 18.6 Å². The number of nitrogens with zero attached hydrogens (tertiary/aromatic N) is 4. The van der Waals surface area contributed by atoms with Gasteiger partial charge in [-0.15, -0.1) is 5.10 Å². The number of ether oxygens (including phenoxy) is 3. The van der Waals surface area contributed by atoms with Gasteiger partial charge < -0.3 is 23.4 Å². The molecule has 4 rings (SSSR count). The first-order valence-corrected chi connectivity index (χ1v) is 15.4. The van der Waals surface area contributed by atoms with Gasteiger partial charge in [0.1, 0.15) is 11.9 Å². The fourth-order valence-electron chi connectivity index (χ4n) is 5.19. The SMILES string of the molecule is COc1cccn(-c2ccc3c(c2)[C@@H](OC)[C@H](C)[C@@H](C(CCn2cc(CCO)nn2)[Si](C)(C)F)O3)c1=O. The summed E-state index contributed by atoms with van der Waals surface area (Å²) in [6, 6.07) is 8.90. The molecule has 3 heterocycles. The van der Waals surface area contributed by atoms with Gasteiger partial charge in [0, 0.05) is 61.8 Å². The second-order valence-electron chi connectivity index (χ2n) is 9.98. The second-order valence-corrected chi connectivity index (χ2v) is 13.8. The van der Waals surface area contributed by atoms with Crippen LogP contribution in [0.5, 0.6) is 11.5 Å². The van der Waals surface area contributed by atoms with Crippen LogP contribution in [0.1, 0.15) is 30.7 Å². The molecule has 2 aromatic heterocycles. The average Bonchev–Trinajstić information content (AvgIpc) is 3.31. The molecular weight excluding hydrogens is 495 g/mol. The number of pyridine rings is 1. The Kier molecular flexibility index (Phi) is 8.15. The molecule has 4 atom stereocenters. The fraction of sp³-hybridized carbons (Fsp3) is 0.500. The third-order valence-electron chi connectivity index (χ3n) is 7.12. The lowest BCUT2D eigenvalue weighted by molar-refractivity contribution is -0.0242. The van der Waals surface area contributed by atoms with Gasteiger partial charge in [-0.05, 0) is 49.8 Å². The molecule has 1 aromatic carbocycles. The summed E-state index contributed by atoms with van der Waals surface area (Å²) in [7, 11) is -0.0571. The highest BCUT2D eigenvalue weighted by Crippen LogP contribution is 2.47. The fourth-order valence-corrected chi connectivity index (χ4v) is 7.16. The lowest BCUT2D eigenvalue weighted by atomic mass is 9.86. The van der Waals surface area contributed by atoms with Crippen LogP contribution >= 0.6 is 0 Å². The molecule has 9 nitrogen and oxygen atoms in total. The largest absolute Gasteiger partial charge is 0.491 e. The molecule has 0 amide bonds. The van der Waals surface area contributed by atoms with Gasteiger partial charge in [-0.25, -0.2) is 0 Å². The Morgan fingerprint density at radius 2 is 2.05 bits per heavy atom. The summed E-state index contributed by atoms with van der Waals surface area (Å²) in [5, 5.41) is 17.3. The van der Waals surface area contributed by atoms with Crippen molar-refractivity contribution >= 4 is 8.41 Å². The first-order chi connectivity index (χ1) is 17.7. The van der Waals surface area contributed by atoms with Gasteiger partial charge in [0.25, 0.3) is 5.56 Å². The zero-order valence-corrected chi connectivity index (χ0v) is 22.9. The molecular formula is C26H35FN4O5Si. The number of hydrogen-bond donors (Lipinski definition) is 1. The summed E-state index contributed by atoms with van der Waals surface area (Å²) in [4.78, 5) is 12.8. The number of aliphatic hydroxyl groups is 1. The van der Waals surface area contributed by atoms with E-state index in [0.717, 1.165) is 5.56 Å². The van der Waals surface area contributed by atoms with Crippen molar-refractivity contribution in [1.29, 1.82) is 0 Å². The Morgan fingerprint density at radius 1 is 1.27 bits per heavy atom. The number of hydrogen-bond acceptors (Lipinski definition) is 7. The number of aryl methyl sites for hydroxylation is 1. The van der Waals surface area contributed by atoms with E-state index in [9.17, 15) is 4.79 Å². The molecule has 0 bridgehead atoms. The van der Waals surface area contributed by atoms with Gasteiger partial charge in [-0.2, -0.15) is 0 Å². The molecule has 1 aliphatic heterocycles. The first kappa shape index (κ1) is 27.0. The van der Waals surface area contributed by atoms with E-state index in [1.54, 1.807) is 49.4 Å². The van der Waals surface area contributed by atoms with Crippen LogP contribution in [0.3, 0.4) is 0 Å². The minimum absolute atomic E-state index is 0.00511. The summed E-state index contributed by atoms with van der Waals surface area (Å²) in [6.07, 6.45) is 3.72. The molecule has 3 aromatic rings. The lowest BCUT2D eigenvalue weighted by Gasteiger charge is -2.43. The minimum Gasteiger partial charge on any atom is -0.491 e. The predicted octanol–water partition coefficient (Wildman–Crippen LogP) is 3.69. The van der Waals surface area contributed by atoms with Crippen LogP contribution in [-0.4, -0.2) is 60.0 Å². The highest BCUT2D eigenvalue weighted by Gasteiger charge is 2.47. The van der Waals surface area contributed by atoms with Crippen LogP contribution in [0, 0.1) is 5.92 Å². The molecule has 0 radical (unpaired) electrons. The lowest BCUT2D eigenvalue weighted by Crippen LogP contribution is -2.46. The second kappa shape index (κ2) is 11.2. The maximum atomic E-state index is 15.7. The van der Waals surface area contributed by atoms with Crippen LogP contribution in [0.4, 0.5) is 4.11 Å². The molecule has 0 aliphatic carbocycles. The summed E-state index contributed by atoms with van der Waals surface area (Å²) >= 11 is 0. The smallest absolute Gasteiger partial charge is 0.297 e. The van der Waals surface area contributed by atoms with Crippen molar-refractivity contribution < 1.29 is 23.4 Å². The Hall–Kier alpha value is -3.02. The van der Waals surface area contributed by atoms with Gasteiger partial charge in [0.05, 0.1) is 18.9 Å². The van der Waals surface area contributed by atoms with Crippen molar-refractivity contribution in [1.82, 2.24) is 19.6 Å². The maximum absolute atomic E-state index is 15.7. The van der Waals surface area contributed by atoms with E-state index in [1.165, 1.54) is 11.7 Å². The number of halogens is 1. The highest BCUT2D eigenvalue weighted by atomic mass is 28.4. The normalized spacial score (nSPS) is 20.2. The number of benzene rings is 1. The Labute approximate surface area is 217 Å². The van der Waals surface area contributed by atoms with Crippen LogP contribution in [0.15, 0.2) is 47.5 Å². The molecule has 11 heteroatoms. The molecule has 0 saturated carbocycles. The highest BCUT2D eigenvalue weighted by molar-refractivity contribution is 6.72. The summed E-state index contributed by atoms with van der Waals surface area (Å²) in [5.74, 6) is 0.744. The molecule has 1 N–H and O–H groups in total. The van der Waals surface area contributed by atoms with E-state index in [0.29, 0.717) is 36.5 Å². The standard InChI is InChI=1S/C26H35FN4O5Si/c1-17-24(35-3)20-15-19(31-12-6-7-22(34-2)26(31)33)8-9-21(20)36-25(17)23(37(4,5)27)10-13-30-16-18(11-14-32)28-29-30/h6-9,12,15-17,23-25,32H,10-11,13-14H2,1-5H3/t17-,23?,24-,25-/m0/s1. The molecule has 1 aliphatic rings. The number of aliphatic hydroxyl groups excluding tert-OH is 1. The third kappa shape index (κ3) is 5.63. The molecule has 0 saturated heterocycles. The van der Waals surface area contributed by atoms with Gasteiger partial charge in [-0.3, -0.25) is 14.0 Å². The molecule has 37 heavy (non-hydrogen) atoms. The first-order valence-electron chi connectivity index (χ1n) is 12.5. The summed E-state index contributed by atoms with van der Waals surface area (Å²) < 4.78 is 36.6. The van der Waals surface area contributed by atoms with Gasteiger partial charge >= 0.3 is 0 Å². The van der Waals surface area contributed by atoms with Gasteiger partial charge in [0.15, 0.2) is 5.75 Å². The Balaban J connectivity index is 1.63. The van der Waals surface area contributed by atoms with Crippen molar-refractivity contribution in [3.05, 3.63) is 64.3 Å². The molecule has 1 unspecified atom stereocenters. The number of fused-ring (bicyclic) bond motifs is 1. The van der Waals surface area contributed by atoms with Crippen molar-refractivity contribution in [2.24, 2.45) is 5.92 Å².